The van der Waals surface area contributed by atoms with Gasteiger partial charge in [-0.3, -0.25) is 0 Å². The summed E-state index contributed by atoms with van der Waals surface area (Å²) >= 11 is 3.45. The molecule has 6 heteroatoms. The zero-order chi connectivity index (χ0) is 17.2. The molecule has 1 aromatic carbocycles. The number of allylic oxidation sites excluding steroid dienone is 4. The summed E-state index contributed by atoms with van der Waals surface area (Å²) < 4.78 is 7.56. The molecule has 0 bridgehead atoms. The molecule has 0 amide bonds. The smallest absolute Gasteiger partial charge is 0.341 e. The van der Waals surface area contributed by atoms with Gasteiger partial charge >= 0.3 is 5.97 Å². The first-order valence-corrected chi connectivity index (χ1v) is 9.63. The lowest BCUT2D eigenvalue weighted by atomic mass is 10.00. The number of aromatic nitrogens is 1. The predicted octanol–water partition coefficient (Wildman–Crippen LogP) is 2.70. The van der Waals surface area contributed by atoms with Gasteiger partial charge in [-0.15, -0.1) is 11.3 Å². The molecule has 2 aromatic rings. The maximum Gasteiger partial charge on any atom is 0.341 e. The van der Waals surface area contributed by atoms with E-state index in [0.717, 1.165) is 26.6 Å². The summed E-state index contributed by atoms with van der Waals surface area (Å²) in [5.41, 5.74) is 3.56. The highest BCUT2D eigenvalue weighted by molar-refractivity contribution is 8.00. The molecule has 2 aliphatic rings. The van der Waals surface area contributed by atoms with Crippen LogP contribution >= 0.6 is 23.1 Å². The van der Waals surface area contributed by atoms with E-state index in [9.17, 15) is 4.79 Å². The molecular weight excluding hydrogens is 354 g/mol. The summed E-state index contributed by atoms with van der Waals surface area (Å²) in [6, 6.07) is 10.4. The Labute approximate surface area is 152 Å². The van der Waals surface area contributed by atoms with Gasteiger partial charge in [0.15, 0.2) is 10.9 Å². The standard InChI is InChI=1S/C19H15NO3S2/c21-17(22)10-23-14-7-6-13-8-16-18(15(13)9-14)20-19(25-16)24-11-12-4-2-1-3-5-12/h1-8H,9-11H2,(H,21,22). The highest BCUT2D eigenvalue weighted by Crippen LogP contribution is 2.30. The summed E-state index contributed by atoms with van der Waals surface area (Å²) in [6.07, 6.45) is 6.57. The molecule has 0 saturated carbocycles. The second-order valence-corrected chi connectivity index (χ2v) is 7.96. The van der Waals surface area contributed by atoms with Gasteiger partial charge in [0.1, 0.15) is 5.76 Å². The van der Waals surface area contributed by atoms with Crippen LogP contribution in [0.1, 0.15) is 12.0 Å². The fourth-order valence-electron chi connectivity index (χ4n) is 2.78. The molecule has 0 aliphatic heterocycles. The Morgan fingerprint density at radius 1 is 1.28 bits per heavy atom. The van der Waals surface area contributed by atoms with Gasteiger partial charge in [0.25, 0.3) is 0 Å². The summed E-state index contributed by atoms with van der Waals surface area (Å²) in [5.74, 6) is 0.611. The van der Waals surface area contributed by atoms with E-state index in [1.807, 2.05) is 30.4 Å². The molecule has 1 heterocycles. The van der Waals surface area contributed by atoms with Crippen LogP contribution in [0.3, 0.4) is 0 Å². The third-order valence-electron chi connectivity index (χ3n) is 3.94. The van der Waals surface area contributed by atoms with Crippen LogP contribution in [0.5, 0.6) is 0 Å². The lowest BCUT2D eigenvalue weighted by Gasteiger charge is -2.14. The van der Waals surface area contributed by atoms with Crippen molar-refractivity contribution in [3.63, 3.8) is 0 Å². The van der Waals surface area contributed by atoms with E-state index < -0.39 is 5.97 Å². The van der Waals surface area contributed by atoms with Gasteiger partial charge in [-0.2, -0.15) is 0 Å². The van der Waals surface area contributed by atoms with Crippen molar-refractivity contribution >= 4 is 40.7 Å². The van der Waals surface area contributed by atoms with E-state index in [2.05, 4.69) is 18.2 Å². The number of thioether (sulfide) groups is 1. The average Bonchev–Trinajstić information content (AvgIpc) is 3.16. The van der Waals surface area contributed by atoms with Gasteiger partial charge < -0.3 is 9.84 Å². The van der Waals surface area contributed by atoms with E-state index in [1.54, 1.807) is 23.1 Å². The molecule has 1 N–H and O–H groups in total. The quantitative estimate of drug-likeness (QED) is 0.794. The molecule has 25 heavy (non-hydrogen) atoms. The Morgan fingerprint density at radius 2 is 2.12 bits per heavy atom. The molecule has 0 spiro atoms. The summed E-state index contributed by atoms with van der Waals surface area (Å²) in [5, 5.41) is 9.76. The van der Waals surface area contributed by atoms with E-state index in [0.29, 0.717) is 12.2 Å². The van der Waals surface area contributed by atoms with E-state index in [-0.39, 0.29) is 6.61 Å². The average molecular weight is 369 g/mol. The van der Waals surface area contributed by atoms with Crippen molar-refractivity contribution in [2.24, 2.45) is 0 Å². The Bertz CT molecular complexity index is 1000. The van der Waals surface area contributed by atoms with E-state index >= 15 is 0 Å². The number of aliphatic carboxylic acids is 1. The second kappa shape index (κ2) is 6.90. The minimum absolute atomic E-state index is 0.311. The second-order valence-electron chi connectivity index (χ2n) is 5.70. The molecule has 126 valence electrons. The molecule has 1 aromatic heterocycles. The highest BCUT2D eigenvalue weighted by atomic mass is 32.2. The Balaban J connectivity index is 1.52. The van der Waals surface area contributed by atoms with E-state index in [1.165, 1.54) is 10.1 Å². The summed E-state index contributed by atoms with van der Waals surface area (Å²) in [7, 11) is 0. The maximum atomic E-state index is 10.7. The number of rotatable bonds is 6. The van der Waals surface area contributed by atoms with Crippen LogP contribution in [0.4, 0.5) is 0 Å². The first kappa shape index (κ1) is 16.2. The lowest BCUT2D eigenvalue weighted by Crippen LogP contribution is -2.20. The van der Waals surface area contributed by atoms with Crippen LogP contribution in [0.2, 0.25) is 0 Å². The molecule has 0 saturated heterocycles. The van der Waals surface area contributed by atoms with Gasteiger partial charge in [-0.1, -0.05) is 48.2 Å². The van der Waals surface area contributed by atoms with Gasteiger partial charge in [0, 0.05) is 12.2 Å². The van der Waals surface area contributed by atoms with Crippen molar-refractivity contribution in [2.75, 3.05) is 6.61 Å². The van der Waals surface area contributed by atoms with Crippen molar-refractivity contribution in [1.29, 1.82) is 0 Å². The normalized spacial score (nSPS) is 15.0. The molecule has 4 nitrogen and oxygen atoms in total. The monoisotopic (exact) mass is 369 g/mol. The fraction of sp³-hybridized carbons (Fsp3) is 0.158. The number of hydrogen-bond donors (Lipinski definition) is 1. The number of hydrogen-bond acceptors (Lipinski definition) is 5. The number of benzene rings is 1. The zero-order valence-electron chi connectivity index (χ0n) is 13.3. The van der Waals surface area contributed by atoms with Crippen LogP contribution in [0.25, 0.3) is 11.6 Å². The molecule has 0 radical (unpaired) electrons. The fourth-order valence-corrected chi connectivity index (χ4v) is 4.87. The third kappa shape index (κ3) is 3.55. The van der Waals surface area contributed by atoms with Crippen LogP contribution in [-0.4, -0.2) is 22.7 Å². The Morgan fingerprint density at radius 3 is 2.92 bits per heavy atom. The molecule has 0 unspecified atom stereocenters. The van der Waals surface area contributed by atoms with Crippen molar-refractivity contribution in [1.82, 2.24) is 4.98 Å². The van der Waals surface area contributed by atoms with E-state index in [4.69, 9.17) is 14.8 Å². The molecule has 2 aliphatic carbocycles. The first-order chi connectivity index (χ1) is 12.2. The molecule has 4 rings (SSSR count). The first-order valence-electron chi connectivity index (χ1n) is 7.83. The number of thiazole rings is 1. The van der Waals surface area contributed by atoms with Crippen molar-refractivity contribution < 1.29 is 14.6 Å². The minimum atomic E-state index is -0.965. The van der Waals surface area contributed by atoms with Crippen LogP contribution in [0, 0.1) is 0 Å². The van der Waals surface area contributed by atoms with Crippen LogP contribution in [-0.2, 0) is 15.3 Å². The number of fused-ring (bicyclic) bond motifs is 2. The number of ether oxygens (including phenoxy) is 1. The number of carboxylic acid groups (broad SMARTS) is 1. The minimum Gasteiger partial charge on any atom is -0.486 e. The molecular formula is C19H15NO3S2. The van der Waals surface area contributed by atoms with Crippen molar-refractivity contribution in [2.45, 2.75) is 16.5 Å². The predicted molar refractivity (Wildman–Crippen MR) is 99.6 cm³/mol. The van der Waals surface area contributed by atoms with Gasteiger partial charge in [-0.05, 0) is 28.9 Å². The summed E-state index contributed by atoms with van der Waals surface area (Å²) in [6.45, 7) is -0.311. The van der Waals surface area contributed by atoms with Gasteiger partial charge in [-0.25, -0.2) is 9.78 Å². The van der Waals surface area contributed by atoms with Gasteiger partial charge in [0.05, 0.1) is 9.88 Å². The Hall–Kier alpha value is -2.31. The van der Waals surface area contributed by atoms with Crippen molar-refractivity contribution in [3.8, 4) is 0 Å². The molecule has 0 fully saturated rings. The zero-order valence-corrected chi connectivity index (χ0v) is 14.9. The van der Waals surface area contributed by atoms with Crippen molar-refractivity contribution in [3.05, 3.63) is 69.3 Å². The largest absolute Gasteiger partial charge is 0.486 e. The number of nitrogens with zero attached hydrogens (tertiary/aromatic N) is 1. The maximum absolute atomic E-state index is 10.7. The van der Waals surface area contributed by atoms with Gasteiger partial charge in [0.2, 0.25) is 0 Å². The van der Waals surface area contributed by atoms with Crippen LogP contribution < -0.4 is 9.88 Å². The molecule has 0 atom stereocenters. The lowest BCUT2D eigenvalue weighted by molar-refractivity contribution is -0.140. The topological polar surface area (TPSA) is 59.4 Å². The number of carboxylic acids is 1. The third-order valence-corrected chi connectivity index (χ3v) is 6.16. The summed E-state index contributed by atoms with van der Waals surface area (Å²) in [4.78, 5) is 15.5. The number of carbonyl (C=O) groups is 1. The SMILES string of the molecule is O=C(O)COC1=CC=C2C=c3sc(SCc4ccccc4)nc3=C2C1. The van der Waals surface area contributed by atoms with Crippen LogP contribution in [0.15, 0.2) is 58.2 Å². The Kier molecular flexibility index (Phi) is 4.46. The highest BCUT2D eigenvalue weighted by Gasteiger charge is 2.20.